The molecule has 2 aromatic carbocycles. The van der Waals surface area contributed by atoms with Gasteiger partial charge in [0, 0.05) is 16.6 Å². The molecule has 0 unspecified atom stereocenters. The van der Waals surface area contributed by atoms with Gasteiger partial charge in [-0.2, -0.15) is 0 Å². The van der Waals surface area contributed by atoms with Gasteiger partial charge in [-0.05, 0) is 42.3 Å². The van der Waals surface area contributed by atoms with E-state index in [1.807, 2.05) is 12.1 Å². The van der Waals surface area contributed by atoms with E-state index in [1.165, 1.54) is 6.07 Å². The highest BCUT2D eigenvalue weighted by atomic mass is 35.5. The Balaban J connectivity index is 1.75. The number of carbonyl (C=O) groups excluding carboxylic acids is 2. The van der Waals surface area contributed by atoms with E-state index < -0.39 is 24.3 Å². The van der Waals surface area contributed by atoms with Gasteiger partial charge in [-0.25, -0.2) is 9.18 Å². The number of nitrogens with one attached hydrogen (secondary N) is 1. The SMILES string of the molecule is O=C(COC(=O)c1cc(Cl)ccc1F)NCCc1ccc(Cl)cc1. The number of halogens is 3. The van der Waals surface area contributed by atoms with Crippen molar-refractivity contribution in [3.63, 3.8) is 0 Å². The fourth-order valence-electron chi connectivity index (χ4n) is 1.91. The summed E-state index contributed by atoms with van der Waals surface area (Å²) in [6.07, 6.45) is 0.611. The summed E-state index contributed by atoms with van der Waals surface area (Å²) in [5.41, 5.74) is 0.703. The van der Waals surface area contributed by atoms with Crippen molar-refractivity contribution in [2.45, 2.75) is 6.42 Å². The summed E-state index contributed by atoms with van der Waals surface area (Å²) in [6.45, 7) is -0.116. The Morgan fingerprint density at radius 3 is 2.42 bits per heavy atom. The first kappa shape index (κ1) is 18.2. The van der Waals surface area contributed by atoms with Gasteiger partial charge in [-0.1, -0.05) is 35.3 Å². The first-order valence-corrected chi connectivity index (χ1v) is 7.84. The topological polar surface area (TPSA) is 55.4 Å². The van der Waals surface area contributed by atoms with Gasteiger partial charge >= 0.3 is 5.97 Å². The maximum atomic E-state index is 13.5. The molecule has 0 fully saturated rings. The average Bonchev–Trinajstić information content (AvgIpc) is 2.56. The van der Waals surface area contributed by atoms with Crippen LogP contribution in [0.3, 0.4) is 0 Å². The van der Waals surface area contributed by atoms with Crippen LogP contribution in [0.1, 0.15) is 15.9 Å². The number of rotatable bonds is 6. The number of amides is 1. The summed E-state index contributed by atoms with van der Waals surface area (Å²) in [5.74, 6) is -2.17. The van der Waals surface area contributed by atoms with Crippen LogP contribution in [-0.4, -0.2) is 25.0 Å². The van der Waals surface area contributed by atoms with Gasteiger partial charge in [0.2, 0.25) is 0 Å². The summed E-state index contributed by atoms with van der Waals surface area (Å²) in [5, 5.41) is 3.46. The summed E-state index contributed by atoms with van der Waals surface area (Å²) < 4.78 is 18.3. The second-order valence-electron chi connectivity index (χ2n) is 4.93. The molecule has 0 radical (unpaired) electrons. The Bertz CT molecular complexity index is 735. The second-order valence-corrected chi connectivity index (χ2v) is 5.80. The van der Waals surface area contributed by atoms with Crippen LogP contribution in [-0.2, 0) is 16.0 Å². The highest BCUT2D eigenvalue weighted by Crippen LogP contribution is 2.15. The van der Waals surface area contributed by atoms with E-state index in [4.69, 9.17) is 27.9 Å². The zero-order valence-electron chi connectivity index (χ0n) is 12.5. The van der Waals surface area contributed by atoms with Crippen LogP contribution in [0, 0.1) is 5.82 Å². The lowest BCUT2D eigenvalue weighted by Crippen LogP contribution is -2.30. The molecule has 0 aromatic heterocycles. The van der Waals surface area contributed by atoms with Crippen molar-refractivity contribution in [2.75, 3.05) is 13.2 Å². The van der Waals surface area contributed by atoms with E-state index in [2.05, 4.69) is 5.32 Å². The van der Waals surface area contributed by atoms with Crippen LogP contribution in [0.25, 0.3) is 0 Å². The van der Waals surface area contributed by atoms with Crippen LogP contribution in [0.5, 0.6) is 0 Å². The third-order valence-electron chi connectivity index (χ3n) is 3.13. The number of hydrogen-bond acceptors (Lipinski definition) is 3. The number of carbonyl (C=O) groups is 2. The molecular formula is C17H14Cl2FNO3. The predicted octanol–water partition coefficient (Wildman–Crippen LogP) is 3.65. The van der Waals surface area contributed by atoms with E-state index in [-0.39, 0.29) is 10.6 Å². The summed E-state index contributed by atoms with van der Waals surface area (Å²) >= 11 is 11.5. The van der Waals surface area contributed by atoms with Crippen molar-refractivity contribution < 1.29 is 18.7 Å². The Morgan fingerprint density at radius 1 is 1.04 bits per heavy atom. The number of benzene rings is 2. The van der Waals surface area contributed by atoms with E-state index in [9.17, 15) is 14.0 Å². The monoisotopic (exact) mass is 369 g/mol. The highest BCUT2D eigenvalue weighted by Gasteiger charge is 2.15. The van der Waals surface area contributed by atoms with E-state index in [1.54, 1.807) is 12.1 Å². The third kappa shape index (κ3) is 5.51. The molecule has 0 atom stereocenters. The third-order valence-corrected chi connectivity index (χ3v) is 3.62. The minimum absolute atomic E-state index is 0.204. The Hall–Kier alpha value is -2.11. The first-order chi connectivity index (χ1) is 11.5. The van der Waals surface area contributed by atoms with Gasteiger partial charge in [-0.3, -0.25) is 4.79 Å². The molecule has 1 amide bonds. The lowest BCUT2D eigenvalue weighted by molar-refractivity contribution is -0.124. The average molecular weight is 370 g/mol. The minimum Gasteiger partial charge on any atom is -0.452 e. The molecule has 0 aliphatic carbocycles. The molecule has 2 rings (SSSR count). The summed E-state index contributed by atoms with van der Waals surface area (Å²) in [6, 6.07) is 10.8. The van der Waals surface area contributed by atoms with Crippen molar-refractivity contribution in [3.05, 3.63) is 69.5 Å². The van der Waals surface area contributed by atoms with Crippen molar-refractivity contribution in [1.29, 1.82) is 0 Å². The number of esters is 1. The molecule has 126 valence electrons. The second kappa shape index (κ2) is 8.66. The van der Waals surface area contributed by atoms with Gasteiger partial charge in [0.05, 0.1) is 5.56 Å². The standard InChI is InChI=1S/C17H14Cl2FNO3/c18-12-3-1-11(2-4-12)7-8-21-16(22)10-24-17(23)14-9-13(19)5-6-15(14)20/h1-6,9H,7-8,10H2,(H,21,22). The molecule has 0 aliphatic rings. The molecule has 7 heteroatoms. The van der Waals surface area contributed by atoms with Gasteiger partial charge in [0.25, 0.3) is 5.91 Å². The van der Waals surface area contributed by atoms with Gasteiger partial charge in [-0.15, -0.1) is 0 Å². The molecule has 0 saturated heterocycles. The zero-order valence-corrected chi connectivity index (χ0v) is 14.0. The van der Waals surface area contributed by atoms with Crippen LogP contribution in [0.2, 0.25) is 10.0 Å². The Labute approximate surface area is 148 Å². The molecule has 4 nitrogen and oxygen atoms in total. The van der Waals surface area contributed by atoms with Gasteiger partial charge < -0.3 is 10.1 Å². The van der Waals surface area contributed by atoms with Crippen LogP contribution >= 0.6 is 23.2 Å². The predicted molar refractivity (Wildman–Crippen MR) is 89.9 cm³/mol. The van der Waals surface area contributed by atoms with Crippen LogP contribution < -0.4 is 5.32 Å². The molecule has 0 heterocycles. The zero-order chi connectivity index (χ0) is 17.5. The molecule has 1 N–H and O–H groups in total. The van der Waals surface area contributed by atoms with Gasteiger partial charge in [0.15, 0.2) is 6.61 Å². The fourth-order valence-corrected chi connectivity index (χ4v) is 2.21. The molecule has 2 aromatic rings. The number of ether oxygens (including phenoxy) is 1. The normalized spacial score (nSPS) is 10.3. The van der Waals surface area contributed by atoms with E-state index in [0.29, 0.717) is 18.0 Å². The van der Waals surface area contributed by atoms with E-state index >= 15 is 0 Å². The largest absolute Gasteiger partial charge is 0.452 e. The maximum Gasteiger partial charge on any atom is 0.341 e. The number of hydrogen-bond donors (Lipinski definition) is 1. The molecule has 0 saturated carbocycles. The highest BCUT2D eigenvalue weighted by molar-refractivity contribution is 6.31. The minimum atomic E-state index is -0.942. The van der Waals surface area contributed by atoms with Crippen molar-refractivity contribution in [2.24, 2.45) is 0 Å². The lowest BCUT2D eigenvalue weighted by atomic mass is 10.1. The Morgan fingerprint density at radius 2 is 1.71 bits per heavy atom. The molecular weight excluding hydrogens is 356 g/mol. The molecule has 0 aliphatic heterocycles. The summed E-state index contributed by atoms with van der Waals surface area (Å²) in [7, 11) is 0. The van der Waals surface area contributed by atoms with Crippen LogP contribution in [0.15, 0.2) is 42.5 Å². The van der Waals surface area contributed by atoms with Gasteiger partial charge in [0.1, 0.15) is 5.82 Å². The van der Waals surface area contributed by atoms with Crippen LogP contribution in [0.4, 0.5) is 4.39 Å². The van der Waals surface area contributed by atoms with E-state index in [0.717, 1.165) is 17.7 Å². The quantitative estimate of drug-likeness (QED) is 0.790. The molecule has 24 heavy (non-hydrogen) atoms. The molecule has 0 spiro atoms. The smallest absolute Gasteiger partial charge is 0.341 e. The lowest BCUT2D eigenvalue weighted by Gasteiger charge is -2.07. The fraction of sp³-hybridized carbons (Fsp3) is 0.176. The molecule has 0 bridgehead atoms. The first-order valence-electron chi connectivity index (χ1n) is 7.09. The summed E-state index contributed by atoms with van der Waals surface area (Å²) in [4.78, 5) is 23.4. The Kier molecular flexibility index (Phi) is 6.58. The van der Waals surface area contributed by atoms with Crippen molar-refractivity contribution in [3.8, 4) is 0 Å². The van der Waals surface area contributed by atoms with Crippen molar-refractivity contribution in [1.82, 2.24) is 5.32 Å². The van der Waals surface area contributed by atoms with Crippen molar-refractivity contribution >= 4 is 35.1 Å². The maximum absolute atomic E-state index is 13.5.